The third-order valence-electron chi connectivity index (χ3n) is 2.43. The quantitative estimate of drug-likeness (QED) is 0.819. The molecule has 0 aliphatic heterocycles. The van der Waals surface area contributed by atoms with E-state index >= 15 is 0 Å². The average Bonchev–Trinajstić information content (AvgIpc) is 2.32. The summed E-state index contributed by atoms with van der Waals surface area (Å²) in [4.78, 5) is 15.0. The van der Waals surface area contributed by atoms with Crippen molar-refractivity contribution in [3.63, 3.8) is 0 Å². The molecule has 0 amide bonds. The number of aromatic carboxylic acids is 1. The lowest BCUT2D eigenvalue weighted by Crippen LogP contribution is -2.01. The van der Waals surface area contributed by atoms with E-state index in [1.807, 2.05) is 25.1 Å². The van der Waals surface area contributed by atoms with E-state index in [2.05, 4.69) is 26.2 Å². The molecule has 0 fully saturated rings. The summed E-state index contributed by atoms with van der Waals surface area (Å²) in [6.45, 7) is 1.98. The van der Waals surface area contributed by atoms with Crippen LogP contribution < -0.4 is 5.32 Å². The number of nitrogens with zero attached hydrogens (tertiary/aromatic N) is 1. The smallest absolute Gasteiger partial charge is 0.335 e. The number of halogens is 2. The van der Waals surface area contributed by atoms with Crippen LogP contribution in [0, 0.1) is 6.92 Å². The highest BCUT2D eigenvalue weighted by Gasteiger charge is 2.08. The standard InChI is InChI=1S/C13H10BrClN2O2/c1-7-2-3-10(9(14)4-7)16-12-6-8(13(18)19)5-11(15)17-12/h2-6H,1H3,(H,16,17)(H,18,19). The second-order valence-corrected chi connectivity index (χ2v) is 5.22. The summed E-state index contributed by atoms with van der Waals surface area (Å²) in [5, 5.41) is 12.1. The Balaban J connectivity index is 2.35. The maximum absolute atomic E-state index is 10.9. The number of nitrogens with one attached hydrogen (secondary N) is 1. The Kier molecular flexibility index (Phi) is 4.07. The number of pyridine rings is 1. The Bertz CT molecular complexity index is 647. The molecule has 2 N–H and O–H groups in total. The molecule has 2 rings (SSSR count). The van der Waals surface area contributed by atoms with E-state index in [0.717, 1.165) is 15.7 Å². The van der Waals surface area contributed by atoms with Gasteiger partial charge in [0, 0.05) is 4.47 Å². The lowest BCUT2D eigenvalue weighted by Gasteiger charge is -2.09. The maximum Gasteiger partial charge on any atom is 0.335 e. The molecule has 0 unspecified atom stereocenters. The van der Waals surface area contributed by atoms with E-state index in [9.17, 15) is 4.79 Å². The van der Waals surface area contributed by atoms with Crippen molar-refractivity contribution in [3.8, 4) is 0 Å². The fraction of sp³-hybridized carbons (Fsp3) is 0.0769. The van der Waals surface area contributed by atoms with E-state index in [0.29, 0.717) is 5.82 Å². The second kappa shape index (κ2) is 5.59. The molecule has 0 aliphatic carbocycles. The van der Waals surface area contributed by atoms with Crippen molar-refractivity contribution in [1.82, 2.24) is 4.98 Å². The monoisotopic (exact) mass is 340 g/mol. The third-order valence-corrected chi connectivity index (χ3v) is 3.28. The van der Waals surface area contributed by atoms with Crippen LogP contribution in [0.2, 0.25) is 5.15 Å². The molecule has 1 heterocycles. The van der Waals surface area contributed by atoms with Crippen LogP contribution in [0.3, 0.4) is 0 Å². The van der Waals surface area contributed by atoms with E-state index in [4.69, 9.17) is 16.7 Å². The minimum absolute atomic E-state index is 0.0886. The van der Waals surface area contributed by atoms with Crippen LogP contribution >= 0.6 is 27.5 Å². The summed E-state index contributed by atoms with van der Waals surface area (Å²) < 4.78 is 0.867. The van der Waals surface area contributed by atoms with Gasteiger partial charge in [0.05, 0.1) is 11.3 Å². The normalized spacial score (nSPS) is 10.3. The van der Waals surface area contributed by atoms with Gasteiger partial charge >= 0.3 is 5.97 Å². The number of hydrogen-bond acceptors (Lipinski definition) is 3. The molecule has 6 heteroatoms. The van der Waals surface area contributed by atoms with Crippen LogP contribution in [0.5, 0.6) is 0 Å². The molecule has 4 nitrogen and oxygen atoms in total. The molecule has 0 bridgehead atoms. The van der Waals surface area contributed by atoms with Gasteiger partial charge in [0.1, 0.15) is 11.0 Å². The van der Waals surface area contributed by atoms with Crippen molar-refractivity contribution >= 4 is 45.0 Å². The lowest BCUT2D eigenvalue weighted by atomic mass is 10.2. The van der Waals surface area contributed by atoms with Crippen LogP contribution in [-0.2, 0) is 0 Å². The van der Waals surface area contributed by atoms with Crippen LogP contribution in [0.4, 0.5) is 11.5 Å². The first-order valence-electron chi connectivity index (χ1n) is 5.40. The van der Waals surface area contributed by atoms with Gasteiger partial charge in [-0.05, 0) is 52.7 Å². The molecule has 0 saturated heterocycles. The lowest BCUT2D eigenvalue weighted by molar-refractivity contribution is 0.0697. The van der Waals surface area contributed by atoms with E-state index in [-0.39, 0.29) is 10.7 Å². The fourth-order valence-electron chi connectivity index (χ4n) is 1.54. The van der Waals surface area contributed by atoms with Gasteiger partial charge < -0.3 is 10.4 Å². The Morgan fingerprint density at radius 3 is 2.74 bits per heavy atom. The van der Waals surface area contributed by atoms with Gasteiger partial charge in [-0.1, -0.05) is 17.7 Å². The van der Waals surface area contributed by atoms with Crippen molar-refractivity contribution in [2.45, 2.75) is 6.92 Å². The van der Waals surface area contributed by atoms with Gasteiger partial charge in [-0.3, -0.25) is 0 Å². The highest BCUT2D eigenvalue weighted by molar-refractivity contribution is 9.10. The summed E-state index contributed by atoms with van der Waals surface area (Å²) >= 11 is 9.23. The fourth-order valence-corrected chi connectivity index (χ4v) is 2.34. The zero-order valence-electron chi connectivity index (χ0n) is 9.95. The van der Waals surface area contributed by atoms with Crippen LogP contribution in [0.15, 0.2) is 34.8 Å². The number of carbonyl (C=O) groups is 1. The van der Waals surface area contributed by atoms with Crippen molar-refractivity contribution in [1.29, 1.82) is 0 Å². The summed E-state index contributed by atoms with van der Waals surface area (Å²) in [7, 11) is 0. The SMILES string of the molecule is Cc1ccc(Nc2cc(C(=O)O)cc(Cl)n2)c(Br)c1. The third kappa shape index (κ3) is 3.45. The summed E-state index contributed by atoms with van der Waals surface area (Å²) in [6.07, 6.45) is 0. The van der Waals surface area contributed by atoms with Crippen LogP contribution in [0.1, 0.15) is 15.9 Å². The topological polar surface area (TPSA) is 62.2 Å². The number of anilines is 2. The van der Waals surface area contributed by atoms with Crippen LogP contribution in [-0.4, -0.2) is 16.1 Å². The van der Waals surface area contributed by atoms with Gasteiger partial charge in [-0.15, -0.1) is 0 Å². The van der Waals surface area contributed by atoms with Gasteiger partial charge in [0.15, 0.2) is 0 Å². The predicted octanol–water partition coefficient (Wildman–Crippen LogP) is 4.25. The van der Waals surface area contributed by atoms with Crippen molar-refractivity contribution in [3.05, 3.63) is 51.1 Å². The Morgan fingerprint density at radius 1 is 1.37 bits per heavy atom. The largest absolute Gasteiger partial charge is 0.478 e. The van der Waals surface area contributed by atoms with Crippen molar-refractivity contribution in [2.24, 2.45) is 0 Å². The molecule has 0 radical (unpaired) electrons. The van der Waals surface area contributed by atoms with E-state index < -0.39 is 5.97 Å². The van der Waals surface area contributed by atoms with E-state index in [1.165, 1.54) is 12.1 Å². The second-order valence-electron chi connectivity index (χ2n) is 3.98. The molecule has 19 heavy (non-hydrogen) atoms. The molecule has 1 aromatic heterocycles. The summed E-state index contributed by atoms with van der Waals surface area (Å²) in [6, 6.07) is 8.50. The number of aryl methyl sites for hydroxylation is 1. The number of aromatic nitrogens is 1. The Hall–Kier alpha value is -1.59. The number of carboxylic acids is 1. The summed E-state index contributed by atoms with van der Waals surface area (Å²) in [5.41, 5.74) is 1.99. The Morgan fingerprint density at radius 2 is 2.11 bits per heavy atom. The average molecular weight is 342 g/mol. The first-order valence-corrected chi connectivity index (χ1v) is 6.57. The van der Waals surface area contributed by atoms with E-state index in [1.54, 1.807) is 0 Å². The number of carboxylic acid groups (broad SMARTS) is 1. The first-order chi connectivity index (χ1) is 8.95. The van der Waals surface area contributed by atoms with Gasteiger partial charge in [-0.25, -0.2) is 9.78 Å². The molecule has 98 valence electrons. The molecule has 0 spiro atoms. The van der Waals surface area contributed by atoms with Gasteiger partial charge in [0.25, 0.3) is 0 Å². The minimum Gasteiger partial charge on any atom is -0.478 e. The minimum atomic E-state index is -1.05. The molecular weight excluding hydrogens is 332 g/mol. The Labute approximate surface area is 123 Å². The highest BCUT2D eigenvalue weighted by atomic mass is 79.9. The predicted molar refractivity (Wildman–Crippen MR) is 78.4 cm³/mol. The number of hydrogen-bond donors (Lipinski definition) is 2. The zero-order valence-corrected chi connectivity index (χ0v) is 12.3. The van der Waals surface area contributed by atoms with Crippen molar-refractivity contribution in [2.75, 3.05) is 5.32 Å². The molecule has 1 aromatic carbocycles. The van der Waals surface area contributed by atoms with Crippen molar-refractivity contribution < 1.29 is 9.90 Å². The highest BCUT2D eigenvalue weighted by Crippen LogP contribution is 2.27. The van der Waals surface area contributed by atoms with Crippen LogP contribution in [0.25, 0.3) is 0 Å². The molecule has 0 atom stereocenters. The molecule has 0 aliphatic rings. The zero-order chi connectivity index (χ0) is 14.0. The van der Waals surface area contributed by atoms with Gasteiger partial charge in [-0.2, -0.15) is 0 Å². The molecule has 2 aromatic rings. The number of rotatable bonds is 3. The van der Waals surface area contributed by atoms with Gasteiger partial charge in [0.2, 0.25) is 0 Å². The molecular formula is C13H10BrClN2O2. The first kappa shape index (κ1) is 13.8. The number of benzene rings is 1. The maximum atomic E-state index is 10.9. The summed E-state index contributed by atoms with van der Waals surface area (Å²) in [5.74, 6) is -0.662. The molecule has 0 saturated carbocycles.